The van der Waals surface area contributed by atoms with Crippen LogP contribution in [0.15, 0.2) is 85.1 Å². The topological polar surface area (TPSA) is 60.3 Å². The van der Waals surface area contributed by atoms with Gasteiger partial charge >= 0.3 is 0 Å². The number of para-hydroxylation sites is 1. The fourth-order valence-electron chi connectivity index (χ4n) is 3.40. The third kappa shape index (κ3) is 4.95. The van der Waals surface area contributed by atoms with Crippen molar-refractivity contribution in [2.45, 2.75) is 6.54 Å². The van der Waals surface area contributed by atoms with Crippen LogP contribution < -0.4 is 10.1 Å². The van der Waals surface area contributed by atoms with E-state index in [1.807, 2.05) is 42.5 Å². The van der Waals surface area contributed by atoms with Crippen LogP contribution in [0.1, 0.15) is 15.9 Å². The lowest BCUT2D eigenvalue weighted by Gasteiger charge is -2.09. The number of halogens is 1. The van der Waals surface area contributed by atoms with E-state index in [1.165, 1.54) is 0 Å². The molecule has 0 atom stereocenters. The summed E-state index contributed by atoms with van der Waals surface area (Å²) < 4.78 is 7.40. The number of aromatic nitrogens is 1. The number of rotatable bonds is 8. The highest BCUT2D eigenvalue weighted by Crippen LogP contribution is 2.24. The normalized spacial score (nSPS) is 10.7. The standard InChI is InChI=1S/C25H21ClN2O3/c26-19-10-12-20(13-11-19)31-15-14-27-24(29)17-28-16-22(21-8-4-5-9-23(21)28)25(30)18-6-2-1-3-7-18/h1-13,16H,14-15,17H2,(H,27,29). The Labute approximate surface area is 185 Å². The Hall–Kier alpha value is -3.57. The number of hydrogen-bond acceptors (Lipinski definition) is 3. The SMILES string of the molecule is O=C(Cn1cc(C(=O)c2ccccc2)c2ccccc21)NCCOc1ccc(Cl)cc1. The second-order valence-corrected chi connectivity index (χ2v) is 7.47. The number of nitrogens with zero attached hydrogens (tertiary/aromatic N) is 1. The molecule has 31 heavy (non-hydrogen) atoms. The van der Waals surface area contributed by atoms with Crippen LogP contribution in [-0.4, -0.2) is 29.4 Å². The van der Waals surface area contributed by atoms with Crippen LogP contribution in [0.5, 0.6) is 5.75 Å². The molecule has 156 valence electrons. The van der Waals surface area contributed by atoms with Crippen molar-refractivity contribution < 1.29 is 14.3 Å². The molecule has 0 aliphatic heterocycles. The van der Waals surface area contributed by atoms with E-state index in [4.69, 9.17) is 16.3 Å². The Balaban J connectivity index is 1.41. The molecule has 0 spiro atoms. The van der Waals surface area contributed by atoms with Gasteiger partial charge in [0.05, 0.1) is 6.54 Å². The number of carbonyl (C=O) groups is 2. The van der Waals surface area contributed by atoms with Crippen LogP contribution in [-0.2, 0) is 11.3 Å². The Bertz CT molecular complexity index is 1200. The summed E-state index contributed by atoms with van der Waals surface area (Å²) in [7, 11) is 0. The monoisotopic (exact) mass is 432 g/mol. The summed E-state index contributed by atoms with van der Waals surface area (Å²) in [6.07, 6.45) is 1.75. The third-order valence-corrected chi connectivity index (χ3v) is 5.14. The van der Waals surface area contributed by atoms with Crippen molar-refractivity contribution in [3.8, 4) is 5.75 Å². The van der Waals surface area contributed by atoms with Gasteiger partial charge in [0.2, 0.25) is 5.91 Å². The molecule has 0 unspecified atom stereocenters. The zero-order valence-corrected chi connectivity index (χ0v) is 17.5. The quantitative estimate of drug-likeness (QED) is 0.323. The number of ketones is 1. The van der Waals surface area contributed by atoms with Gasteiger partial charge in [-0.15, -0.1) is 0 Å². The molecule has 0 aliphatic carbocycles. The van der Waals surface area contributed by atoms with Crippen LogP contribution >= 0.6 is 11.6 Å². The Morgan fingerprint density at radius 2 is 1.61 bits per heavy atom. The number of ether oxygens (including phenoxy) is 1. The third-order valence-electron chi connectivity index (χ3n) is 4.89. The van der Waals surface area contributed by atoms with E-state index in [0.717, 1.165) is 10.9 Å². The average molecular weight is 433 g/mol. The minimum absolute atomic E-state index is 0.0627. The van der Waals surface area contributed by atoms with Crippen molar-refractivity contribution in [2.75, 3.05) is 13.2 Å². The number of nitrogens with one attached hydrogen (secondary N) is 1. The summed E-state index contributed by atoms with van der Waals surface area (Å²) in [5, 5.41) is 4.32. The maximum Gasteiger partial charge on any atom is 0.240 e. The van der Waals surface area contributed by atoms with E-state index in [0.29, 0.717) is 35.1 Å². The number of hydrogen-bond donors (Lipinski definition) is 1. The maximum absolute atomic E-state index is 13.0. The number of benzene rings is 3. The van der Waals surface area contributed by atoms with E-state index < -0.39 is 0 Å². The van der Waals surface area contributed by atoms with E-state index in [1.54, 1.807) is 47.2 Å². The lowest BCUT2D eigenvalue weighted by molar-refractivity contribution is -0.121. The molecular weight excluding hydrogens is 412 g/mol. The summed E-state index contributed by atoms with van der Waals surface area (Å²) in [6, 6.07) is 23.8. The second-order valence-electron chi connectivity index (χ2n) is 7.04. The molecule has 1 N–H and O–H groups in total. The first kappa shape index (κ1) is 20.7. The first-order valence-corrected chi connectivity index (χ1v) is 10.3. The fourth-order valence-corrected chi connectivity index (χ4v) is 3.53. The van der Waals surface area contributed by atoms with E-state index in [-0.39, 0.29) is 18.2 Å². The zero-order chi connectivity index (χ0) is 21.6. The molecule has 0 bridgehead atoms. The number of amides is 1. The highest BCUT2D eigenvalue weighted by molar-refractivity contribution is 6.30. The van der Waals surface area contributed by atoms with Crippen LogP contribution in [0, 0.1) is 0 Å². The number of carbonyl (C=O) groups excluding carboxylic acids is 2. The van der Waals surface area contributed by atoms with Gasteiger partial charge in [-0.2, -0.15) is 0 Å². The minimum atomic E-state index is -0.154. The molecule has 1 aromatic heterocycles. The van der Waals surface area contributed by atoms with Crippen LogP contribution in [0.25, 0.3) is 10.9 Å². The summed E-state index contributed by atoms with van der Waals surface area (Å²) in [5.74, 6) is 0.477. The number of fused-ring (bicyclic) bond motifs is 1. The van der Waals surface area contributed by atoms with Crippen LogP contribution in [0.3, 0.4) is 0 Å². The van der Waals surface area contributed by atoms with Crippen molar-refractivity contribution >= 4 is 34.2 Å². The highest BCUT2D eigenvalue weighted by atomic mass is 35.5. The predicted molar refractivity (Wildman–Crippen MR) is 122 cm³/mol. The first-order valence-electron chi connectivity index (χ1n) is 9.94. The van der Waals surface area contributed by atoms with Crippen molar-refractivity contribution in [3.05, 3.63) is 101 Å². The van der Waals surface area contributed by atoms with Gasteiger partial charge in [0.25, 0.3) is 0 Å². The van der Waals surface area contributed by atoms with Gasteiger partial charge in [0, 0.05) is 33.2 Å². The van der Waals surface area contributed by atoms with Gasteiger partial charge in [-0.3, -0.25) is 9.59 Å². The van der Waals surface area contributed by atoms with Crippen molar-refractivity contribution in [2.24, 2.45) is 0 Å². The summed E-state index contributed by atoms with van der Waals surface area (Å²) in [6.45, 7) is 0.831. The maximum atomic E-state index is 13.0. The molecule has 4 rings (SSSR count). The molecule has 1 amide bonds. The fraction of sp³-hybridized carbons (Fsp3) is 0.120. The smallest absolute Gasteiger partial charge is 0.240 e. The molecule has 0 saturated heterocycles. The van der Waals surface area contributed by atoms with Gasteiger partial charge in [0.15, 0.2) is 5.78 Å². The van der Waals surface area contributed by atoms with Crippen molar-refractivity contribution in [1.82, 2.24) is 9.88 Å². The lowest BCUT2D eigenvalue weighted by atomic mass is 10.0. The molecule has 0 aliphatic rings. The molecule has 5 nitrogen and oxygen atoms in total. The van der Waals surface area contributed by atoms with Gasteiger partial charge in [0.1, 0.15) is 18.9 Å². The largest absolute Gasteiger partial charge is 0.492 e. The first-order chi connectivity index (χ1) is 15.1. The molecule has 4 aromatic rings. The van der Waals surface area contributed by atoms with E-state index >= 15 is 0 Å². The molecule has 0 fully saturated rings. The molecule has 3 aromatic carbocycles. The van der Waals surface area contributed by atoms with Crippen LogP contribution in [0.4, 0.5) is 0 Å². The Morgan fingerprint density at radius 3 is 2.39 bits per heavy atom. The minimum Gasteiger partial charge on any atom is -0.492 e. The summed E-state index contributed by atoms with van der Waals surface area (Å²) in [4.78, 5) is 25.5. The van der Waals surface area contributed by atoms with Crippen molar-refractivity contribution in [1.29, 1.82) is 0 Å². The summed E-state index contributed by atoms with van der Waals surface area (Å²) in [5.41, 5.74) is 2.05. The molecule has 1 heterocycles. The zero-order valence-electron chi connectivity index (χ0n) is 16.8. The van der Waals surface area contributed by atoms with Gasteiger partial charge in [-0.25, -0.2) is 0 Å². The average Bonchev–Trinajstić information content (AvgIpc) is 3.16. The van der Waals surface area contributed by atoms with E-state index in [2.05, 4.69) is 5.32 Å². The highest BCUT2D eigenvalue weighted by Gasteiger charge is 2.17. The molecule has 0 saturated carbocycles. The van der Waals surface area contributed by atoms with Gasteiger partial charge in [-0.1, -0.05) is 60.1 Å². The molecule has 6 heteroatoms. The van der Waals surface area contributed by atoms with Gasteiger partial charge in [-0.05, 0) is 30.3 Å². The summed E-state index contributed by atoms with van der Waals surface area (Å²) >= 11 is 5.85. The van der Waals surface area contributed by atoms with Gasteiger partial charge < -0.3 is 14.6 Å². The van der Waals surface area contributed by atoms with E-state index in [9.17, 15) is 9.59 Å². The Kier molecular flexibility index (Phi) is 6.34. The molecular formula is C25H21ClN2O3. The van der Waals surface area contributed by atoms with Crippen molar-refractivity contribution in [3.63, 3.8) is 0 Å². The second kappa shape index (κ2) is 9.49. The van der Waals surface area contributed by atoms with Crippen LogP contribution in [0.2, 0.25) is 5.02 Å². The Morgan fingerprint density at radius 1 is 0.903 bits per heavy atom. The predicted octanol–water partition coefficient (Wildman–Crippen LogP) is 4.72. The lowest BCUT2D eigenvalue weighted by Crippen LogP contribution is -2.31. The molecule has 0 radical (unpaired) electrons.